The number of ether oxygens (including phenoxy) is 2. The van der Waals surface area contributed by atoms with Crippen LogP contribution < -0.4 is 10.1 Å². The molecule has 2 rings (SSSR count). The summed E-state index contributed by atoms with van der Waals surface area (Å²) in [6, 6.07) is 5.22. The van der Waals surface area contributed by atoms with Gasteiger partial charge < -0.3 is 14.8 Å². The fourth-order valence-corrected chi connectivity index (χ4v) is 3.01. The molecule has 0 radical (unpaired) electrons. The van der Waals surface area contributed by atoms with Gasteiger partial charge in [-0.1, -0.05) is 15.9 Å². The molecule has 0 fully saturated rings. The van der Waals surface area contributed by atoms with Crippen LogP contribution in [0.1, 0.15) is 18.5 Å². The van der Waals surface area contributed by atoms with E-state index in [9.17, 15) is 4.79 Å². The lowest BCUT2D eigenvalue weighted by atomic mass is 9.88. The molecule has 1 aromatic carbocycles. The minimum atomic E-state index is -0.551. The number of nitrogens with zero attached hydrogens (tertiary/aromatic N) is 1. The normalized spacial score (nSPS) is 21.3. The zero-order valence-corrected chi connectivity index (χ0v) is 14.2. The molecule has 1 aromatic rings. The molecule has 0 amide bonds. The van der Waals surface area contributed by atoms with Crippen LogP contribution in [0.4, 0.5) is 0 Å². The maximum atomic E-state index is 12.1. The van der Waals surface area contributed by atoms with Crippen molar-refractivity contribution in [2.75, 3.05) is 14.2 Å². The fourth-order valence-electron chi connectivity index (χ4n) is 2.36. The predicted molar refractivity (Wildman–Crippen MR) is 87.8 cm³/mol. The average Bonchev–Trinajstić information content (AvgIpc) is 2.45. The van der Waals surface area contributed by atoms with Crippen molar-refractivity contribution in [2.24, 2.45) is 10.9 Å². The molecule has 1 N–H and O–H groups in total. The molecule has 5 nitrogen and oxygen atoms in total. The van der Waals surface area contributed by atoms with Crippen LogP contribution in [0.15, 0.2) is 27.7 Å². The van der Waals surface area contributed by atoms with Crippen LogP contribution >= 0.6 is 28.1 Å². The summed E-state index contributed by atoms with van der Waals surface area (Å²) in [6.07, 6.45) is 0. The van der Waals surface area contributed by atoms with Crippen molar-refractivity contribution in [3.8, 4) is 5.75 Å². The van der Waals surface area contributed by atoms with Gasteiger partial charge in [-0.3, -0.25) is 4.79 Å². The monoisotopic (exact) mass is 370 g/mol. The van der Waals surface area contributed by atoms with E-state index in [-0.39, 0.29) is 12.0 Å². The van der Waals surface area contributed by atoms with Gasteiger partial charge in [0, 0.05) is 15.7 Å². The average molecular weight is 371 g/mol. The van der Waals surface area contributed by atoms with Crippen molar-refractivity contribution in [2.45, 2.75) is 13.0 Å². The Morgan fingerprint density at radius 1 is 1.43 bits per heavy atom. The van der Waals surface area contributed by atoms with Gasteiger partial charge >= 0.3 is 5.97 Å². The largest absolute Gasteiger partial charge is 0.496 e. The van der Waals surface area contributed by atoms with Gasteiger partial charge in [0.2, 0.25) is 0 Å². The van der Waals surface area contributed by atoms with E-state index in [0.29, 0.717) is 16.6 Å². The van der Waals surface area contributed by atoms with Gasteiger partial charge in [-0.2, -0.15) is 0 Å². The van der Waals surface area contributed by atoms with Gasteiger partial charge in [-0.25, -0.2) is 4.99 Å². The zero-order valence-electron chi connectivity index (χ0n) is 11.8. The number of rotatable bonds is 3. The summed E-state index contributed by atoms with van der Waals surface area (Å²) in [5, 5.41) is 3.42. The number of carbonyl (C=O) groups excluding carboxylic acids is 1. The summed E-state index contributed by atoms with van der Waals surface area (Å²) in [7, 11) is 2.94. The summed E-state index contributed by atoms with van der Waals surface area (Å²) < 4.78 is 11.2. The van der Waals surface area contributed by atoms with Crippen LogP contribution in [0.25, 0.3) is 0 Å². The molecule has 0 saturated carbocycles. The smallest absolute Gasteiger partial charge is 0.316 e. The SMILES string of the molecule is COC(=O)C1C(C)=NC(=S)NC1c1cc(Br)ccc1OC. The second-order valence-electron chi connectivity index (χ2n) is 4.57. The number of carbonyl (C=O) groups is 1. The molecular weight excluding hydrogens is 356 g/mol. The highest BCUT2D eigenvalue weighted by molar-refractivity contribution is 9.10. The summed E-state index contributed by atoms with van der Waals surface area (Å²) in [5.74, 6) is -0.245. The molecule has 0 aliphatic carbocycles. The quantitative estimate of drug-likeness (QED) is 0.654. The van der Waals surface area contributed by atoms with Crippen LogP contribution in [0.3, 0.4) is 0 Å². The third-order valence-electron chi connectivity index (χ3n) is 3.32. The standard InChI is InChI=1S/C14H15BrN2O3S/c1-7-11(13(18)20-3)12(17-14(21)16-7)9-6-8(15)4-5-10(9)19-2/h4-6,11-12H,1-3H3,(H,17,21). The van der Waals surface area contributed by atoms with E-state index in [1.165, 1.54) is 7.11 Å². The van der Waals surface area contributed by atoms with Crippen LogP contribution in [0, 0.1) is 5.92 Å². The van der Waals surface area contributed by atoms with Gasteiger partial charge in [0.1, 0.15) is 11.7 Å². The molecule has 1 aliphatic rings. The second-order valence-corrected chi connectivity index (χ2v) is 5.87. The van der Waals surface area contributed by atoms with E-state index >= 15 is 0 Å². The maximum absolute atomic E-state index is 12.1. The Balaban J connectivity index is 2.54. The first-order valence-electron chi connectivity index (χ1n) is 6.25. The molecule has 1 heterocycles. The molecule has 0 saturated heterocycles. The van der Waals surface area contributed by atoms with Crippen molar-refractivity contribution >= 4 is 44.9 Å². The highest BCUT2D eigenvalue weighted by Gasteiger charge is 2.38. The minimum Gasteiger partial charge on any atom is -0.496 e. The summed E-state index contributed by atoms with van der Waals surface area (Å²) >= 11 is 8.58. The van der Waals surface area contributed by atoms with Crippen LogP contribution in [0.2, 0.25) is 0 Å². The third kappa shape index (κ3) is 3.24. The zero-order chi connectivity index (χ0) is 15.6. The number of hydrogen-bond acceptors (Lipinski definition) is 4. The van der Waals surface area contributed by atoms with E-state index in [4.69, 9.17) is 21.7 Å². The van der Waals surface area contributed by atoms with Crippen molar-refractivity contribution < 1.29 is 14.3 Å². The Bertz CT molecular complexity index is 618. The maximum Gasteiger partial charge on any atom is 0.316 e. The lowest BCUT2D eigenvalue weighted by molar-refractivity contribution is -0.143. The van der Waals surface area contributed by atoms with Crippen molar-refractivity contribution in [3.05, 3.63) is 28.2 Å². The second kappa shape index (κ2) is 6.53. The molecule has 0 spiro atoms. The van der Waals surface area contributed by atoms with Gasteiger partial charge in [-0.05, 0) is 37.3 Å². The predicted octanol–water partition coefficient (Wildman–Crippen LogP) is 2.64. The number of halogens is 1. The molecule has 0 bridgehead atoms. The number of thiocarbonyl (C=S) groups is 1. The van der Waals surface area contributed by atoms with E-state index < -0.39 is 5.92 Å². The summed E-state index contributed by atoms with van der Waals surface area (Å²) in [6.45, 7) is 1.77. The Kier molecular flexibility index (Phi) is 4.95. The van der Waals surface area contributed by atoms with Gasteiger partial charge in [0.05, 0.1) is 20.3 Å². The van der Waals surface area contributed by atoms with E-state index in [1.807, 2.05) is 18.2 Å². The van der Waals surface area contributed by atoms with Gasteiger partial charge in [0.15, 0.2) is 5.11 Å². The number of methoxy groups -OCH3 is 2. The Hall–Kier alpha value is -1.47. The highest BCUT2D eigenvalue weighted by Crippen LogP contribution is 2.35. The van der Waals surface area contributed by atoms with Crippen LogP contribution in [0.5, 0.6) is 5.75 Å². The molecule has 2 atom stereocenters. The first kappa shape index (κ1) is 15.9. The third-order valence-corrected chi connectivity index (χ3v) is 4.02. The molecule has 0 aromatic heterocycles. The topological polar surface area (TPSA) is 59.9 Å². The van der Waals surface area contributed by atoms with Crippen molar-refractivity contribution in [1.29, 1.82) is 0 Å². The van der Waals surface area contributed by atoms with E-state index in [1.54, 1.807) is 14.0 Å². The molecular formula is C14H15BrN2O3S. The fraction of sp³-hybridized carbons (Fsp3) is 0.357. The number of nitrogens with one attached hydrogen (secondary N) is 1. The van der Waals surface area contributed by atoms with Crippen LogP contribution in [-0.4, -0.2) is 31.0 Å². The molecule has 7 heteroatoms. The number of benzene rings is 1. The lowest BCUT2D eigenvalue weighted by Crippen LogP contribution is -2.44. The summed E-state index contributed by atoms with van der Waals surface area (Å²) in [5.41, 5.74) is 1.44. The molecule has 2 unspecified atom stereocenters. The van der Waals surface area contributed by atoms with Crippen molar-refractivity contribution in [1.82, 2.24) is 5.32 Å². The number of aliphatic imine (C=N–C) groups is 1. The molecule has 21 heavy (non-hydrogen) atoms. The molecule has 1 aliphatic heterocycles. The lowest BCUT2D eigenvalue weighted by Gasteiger charge is -2.31. The van der Waals surface area contributed by atoms with E-state index in [0.717, 1.165) is 10.0 Å². The highest BCUT2D eigenvalue weighted by atomic mass is 79.9. The Labute approximate surface area is 136 Å². The first-order valence-corrected chi connectivity index (χ1v) is 7.45. The Morgan fingerprint density at radius 3 is 2.76 bits per heavy atom. The summed E-state index contributed by atoms with van der Waals surface area (Å²) in [4.78, 5) is 16.3. The van der Waals surface area contributed by atoms with Gasteiger partial charge in [0.25, 0.3) is 0 Å². The number of esters is 1. The number of hydrogen-bond donors (Lipinski definition) is 1. The minimum absolute atomic E-state index is 0.347. The first-order chi connectivity index (χ1) is 9.97. The van der Waals surface area contributed by atoms with Gasteiger partial charge in [-0.15, -0.1) is 0 Å². The Morgan fingerprint density at radius 2 is 2.14 bits per heavy atom. The van der Waals surface area contributed by atoms with Crippen LogP contribution in [-0.2, 0) is 9.53 Å². The molecule has 112 valence electrons. The van der Waals surface area contributed by atoms with E-state index in [2.05, 4.69) is 26.2 Å². The van der Waals surface area contributed by atoms with Crippen molar-refractivity contribution in [3.63, 3.8) is 0 Å².